The summed E-state index contributed by atoms with van der Waals surface area (Å²) in [6.07, 6.45) is 4.48. The summed E-state index contributed by atoms with van der Waals surface area (Å²) in [5.41, 5.74) is 8.38. The van der Waals surface area contributed by atoms with E-state index >= 15 is 0 Å². The molecule has 0 amide bonds. The molecule has 1 aromatic rings. The van der Waals surface area contributed by atoms with Crippen molar-refractivity contribution in [3.8, 4) is 0 Å². The van der Waals surface area contributed by atoms with E-state index in [0.717, 1.165) is 32.5 Å². The third-order valence-electron chi connectivity index (χ3n) is 3.56. The van der Waals surface area contributed by atoms with Crippen LogP contribution >= 0.6 is 0 Å². The van der Waals surface area contributed by atoms with Crippen LogP contribution in [0.1, 0.15) is 43.7 Å². The quantitative estimate of drug-likeness (QED) is 0.638. The second kappa shape index (κ2) is 9.96. The molecule has 0 atom stereocenters. The first-order chi connectivity index (χ1) is 9.31. The molecule has 0 saturated carbocycles. The Hall–Kier alpha value is -0.900. The van der Waals surface area contributed by atoms with Gasteiger partial charge in [-0.25, -0.2) is 0 Å². The van der Waals surface area contributed by atoms with Crippen LogP contribution in [0.5, 0.6) is 0 Å². The number of unbranched alkanes of at least 4 members (excludes halogenated alkanes) is 3. The fourth-order valence-corrected chi connectivity index (χ4v) is 2.30. The zero-order valence-corrected chi connectivity index (χ0v) is 12.1. The molecule has 19 heavy (non-hydrogen) atoms. The number of hydrogen-bond donors (Lipinski definition) is 2. The van der Waals surface area contributed by atoms with Crippen molar-refractivity contribution in [1.29, 1.82) is 0 Å². The third kappa shape index (κ3) is 6.19. The molecule has 3 nitrogen and oxygen atoms in total. The van der Waals surface area contributed by atoms with Crippen molar-refractivity contribution in [3.05, 3.63) is 35.4 Å². The molecule has 0 bridgehead atoms. The number of nitrogens with two attached hydrogens (primary N) is 1. The van der Waals surface area contributed by atoms with Gasteiger partial charge in [-0.15, -0.1) is 0 Å². The molecule has 108 valence electrons. The average Bonchev–Trinajstić information content (AvgIpc) is 2.46. The highest BCUT2D eigenvalue weighted by atomic mass is 16.2. The average molecular weight is 264 g/mol. The smallest absolute Gasteiger partial charge is 0.0431 e. The Morgan fingerprint density at radius 3 is 2.37 bits per heavy atom. The summed E-state index contributed by atoms with van der Waals surface area (Å²) < 4.78 is 0. The number of benzene rings is 1. The van der Waals surface area contributed by atoms with Crippen molar-refractivity contribution < 1.29 is 5.11 Å². The standard InChI is InChI=1S/C16H28N2O/c1-2-18(11-7-3-4-8-12-19)14-16-10-6-5-9-15(16)13-17/h5-6,9-10,19H,2-4,7-8,11-14,17H2,1H3. The fourth-order valence-electron chi connectivity index (χ4n) is 2.30. The Balaban J connectivity index is 2.38. The number of aliphatic hydroxyl groups excluding tert-OH is 1. The van der Waals surface area contributed by atoms with Crippen LogP contribution in [-0.4, -0.2) is 29.7 Å². The van der Waals surface area contributed by atoms with E-state index in [4.69, 9.17) is 10.8 Å². The zero-order chi connectivity index (χ0) is 13.9. The lowest BCUT2D eigenvalue weighted by Crippen LogP contribution is -2.25. The molecular formula is C16H28N2O. The highest BCUT2D eigenvalue weighted by Crippen LogP contribution is 2.12. The molecule has 0 aliphatic rings. The topological polar surface area (TPSA) is 49.5 Å². The van der Waals surface area contributed by atoms with Gasteiger partial charge in [-0.05, 0) is 37.1 Å². The van der Waals surface area contributed by atoms with Crippen molar-refractivity contribution in [1.82, 2.24) is 4.90 Å². The van der Waals surface area contributed by atoms with Crippen LogP contribution in [0.2, 0.25) is 0 Å². The third-order valence-corrected chi connectivity index (χ3v) is 3.56. The normalized spacial score (nSPS) is 11.2. The Morgan fingerprint density at radius 1 is 1.05 bits per heavy atom. The number of nitrogens with zero attached hydrogens (tertiary/aromatic N) is 1. The van der Waals surface area contributed by atoms with Crippen LogP contribution in [0, 0.1) is 0 Å². The monoisotopic (exact) mass is 264 g/mol. The molecule has 0 fully saturated rings. The SMILES string of the molecule is CCN(CCCCCCO)Cc1ccccc1CN. The van der Waals surface area contributed by atoms with Crippen LogP contribution in [-0.2, 0) is 13.1 Å². The maximum Gasteiger partial charge on any atom is 0.0431 e. The lowest BCUT2D eigenvalue weighted by Gasteiger charge is -2.21. The molecule has 1 rings (SSSR count). The predicted molar refractivity (Wildman–Crippen MR) is 80.8 cm³/mol. The van der Waals surface area contributed by atoms with Crippen LogP contribution in [0.25, 0.3) is 0 Å². The minimum absolute atomic E-state index is 0.321. The summed E-state index contributed by atoms with van der Waals surface area (Å²) in [4.78, 5) is 2.47. The molecule has 0 heterocycles. The first-order valence-corrected chi connectivity index (χ1v) is 7.41. The summed E-state index contributed by atoms with van der Waals surface area (Å²) >= 11 is 0. The largest absolute Gasteiger partial charge is 0.396 e. The Morgan fingerprint density at radius 2 is 1.74 bits per heavy atom. The van der Waals surface area contributed by atoms with Crippen molar-refractivity contribution in [3.63, 3.8) is 0 Å². The number of rotatable bonds is 10. The molecule has 0 aliphatic carbocycles. The zero-order valence-electron chi connectivity index (χ0n) is 12.1. The van der Waals surface area contributed by atoms with Gasteiger partial charge in [-0.3, -0.25) is 4.90 Å². The molecule has 0 radical (unpaired) electrons. The van der Waals surface area contributed by atoms with Gasteiger partial charge in [0.05, 0.1) is 0 Å². The van der Waals surface area contributed by atoms with E-state index < -0.39 is 0 Å². The molecule has 0 aromatic heterocycles. The molecule has 0 unspecified atom stereocenters. The lowest BCUT2D eigenvalue weighted by atomic mass is 10.1. The molecule has 0 saturated heterocycles. The molecule has 3 heteroatoms. The molecule has 1 aromatic carbocycles. The first kappa shape index (κ1) is 16.2. The van der Waals surface area contributed by atoms with Gasteiger partial charge < -0.3 is 10.8 Å². The van der Waals surface area contributed by atoms with Crippen LogP contribution in [0.4, 0.5) is 0 Å². The van der Waals surface area contributed by atoms with Crippen molar-refractivity contribution in [2.75, 3.05) is 19.7 Å². The predicted octanol–water partition coefficient (Wildman–Crippen LogP) is 2.52. The van der Waals surface area contributed by atoms with Gasteiger partial charge in [0.15, 0.2) is 0 Å². The highest BCUT2D eigenvalue weighted by molar-refractivity contribution is 5.26. The van der Waals surface area contributed by atoms with E-state index in [0.29, 0.717) is 13.2 Å². The van der Waals surface area contributed by atoms with Gasteiger partial charge >= 0.3 is 0 Å². The van der Waals surface area contributed by atoms with Gasteiger partial charge in [0.2, 0.25) is 0 Å². The van der Waals surface area contributed by atoms with Crippen molar-refractivity contribution >= 4 is 0 Å². The summed E-state index contributed by atoms with van der Waals surface area (Å²) in [5, 5.41) is 8.75. The van der Waals surface area contributed by atoms with E-state index in [9.17, 15) is 0 Å². The van der Waals surface area contributed by atoms with Gasteiger partial charge in [0.25, 0.3) is 0 Å². The van der Waals surface area contributed by atoms with E-state index in [1.165, 1.54) is 24.0 Å². The van der Waals surface area contributed by atoms with E-state index in [1.54, 1.807) is 0 Å². The Labute approximate surface area is 117 Å². The maximum atomic E-state index is 8.75. The molecule has 0 aliphatic heterocycles. The minimum Gasteiger partial charge on any atom is -0.396 e. The summed E-state index contributed by atoms with van der Waals surface area (Å²) in [6.45, 7) is 6.33. The Kier molecular flexibility index (Phi) is 8.47. The molecule has 0 spiro atoms. The fraction of sp³-hybridized carbons (Fsp3) is 0.625. The number of hydrogen-bond acceptors (Lipinski definition) is 3. The van der Waals surface area contributed by atoms with Crippen LogP contribution in [0.3, 0.4) is 0 Å². The van der Waals surface area contributed by atoms with Gasteiger partial charge in [0.1, 0.15) is 0 Å². The van der Waals surface area contributed by atoms with Gasteiger partial charge in [-0.1, -0.05) is 44.0 Å². The second-order valence-corrected chi connectivity index (χ2v) is 4.98. The van der Waals surface area contributed by atoms with Gasteiger partial charge in [0, 0.05) is 19.7 Å². The van der Waals surface area contributed by atoms with Gasteiger partial charge in [-0.2, -0.15) is 0 Å². The van der Waals surface area contributed by atoms with E-state index in [2.05, 4.69) is 36.1 Å². The molecular weight excluding hydrogens is 236 g/mol. The summed E-state index contributed by atoms with van der Waals surface area (Å²) in [7, 11) is 0. The highest BCUT2D eigenvalue weighted by Gasteiger charge is 2.06. The van der Waals surface area contributed by atoms with E-state index in [-0.39, 0.29) is 0 Å². The summed E-state index contributed by atoms with van der Waals surface area (Å²) in [6, 6.07) is 8.43. The summed E-state index contributed by atoms with van der Waals surface area (Å²) in [5.74, 6) is 0. The van der Waals surface area contributed by atoms with Crippen LogP contribution in [0.15, 0.2) is 24.3 Å². The molecule has 3 N–H and O–H groups in total. The van der Waals surface area contributed by atoms with Crippen LogP contribution < -0.4 is 5.73 Å². The second-order valence-electron chi connectivity index (χ2n) is 4.98. The first-order valence-electron chi connectivity index (χ1n) is 7.41. The lowest BCUT2D eigenvalue weighted by molar-refractivity contribution is 0.262. The Bertz CT molecular complexity index is 341. The van der Waals surface area contributed by atoms with E-state index in [1.807, 2.05) is 0 Å². The number of aliphatic hydroxyl groups is 1. The minimum atomic E-state index is 0.321. The van der Waals surface area contributed by atoms with Crippen molar-refractivity contribution in [2.45, 2.75) is 45.7 Å². The maximum absolute atomic E-state index is 8.75. The van der Waals surface area contributed by atoms with Crippen molar-refractivity contribution in [2.24, 2.45) is 5.73 Å².